The van der Waals surface area contributed by atoms with Crippen LogP contribution in [-0.2, 0) is 9.53 Å². The van der Waals surface area contributed by atoms with Crippen molar-refractivity contribution in [3.63, 3.8) is 0 Å². The van der Waals surface area contributed by atoms with Crippen LogP contribution in [-0.4, -0.2) is 25.0 Å². The molecule has 1 N–H and O–H groups in total. The van der Waals surface area contributed by atoms with E-state index in [1.165, 1.54) is 43.4 Å². The second kappa shape index (κ2) is 12.2. The van der Waals surface area contributed by atoms with Gasteiger partial charge < -0.3 is 10.1 Å². The molecule has 5 heteroatoms. The van der Waals surface area contributed by atoms with Crippen LogP contribution in [0.4, 0.5) is 0 Å². The van der Waals surface area contributed by atoms with Crippen molar-refractivity contribution in [3.8, 4) is 0 Å². The van der Waals surface area contributed by atoms with Gasteiger partial charge in [-0.25, -0.2) is 0 Å². The van der Waals surface area contributed by atoms with E-state index >= 15 is 0 Å². The van der Waals surface area contributed by atoms with Gasteiger partial charge in [-0.2, -0.15) is 0 Å². The second-order valence-corrected chi connectivity index (χ2v) is 6.27. The molecule has 0 fully saturated rings. The Morgan fingerprint density at radius 3 is 2.55 bits per heavy atom. The van der Waals surface area contributed by atoms with Gasteiger partial charge in [0.1, 0.15) is 0 Å². The van der Waals surface area contributed by atoms with Crippen LogP contribution in [0.15, 0.2) is 17.5 Å². The predicted octanol–water partition coefficient (Wildman–Crippen LogP) is 4.16. The van der Waals surface area contributed by atoms with Crippen LogP contribution < -0.4 is 5.32 Å². The Hall–Kier alpha value is -1.36. The molecule has 1 aromatic rings. The summed E-state index contributed by atoms with van der Waals surface area (Å²) in [6, 6.07) is 3.59. The van der Waals surface area contributed by atoms with Gasteiger partial charge in [-0.15, -0.1) is 11.3 Å². The summed E-state index contributed by atoms with van der Waals surface area (Å²) in [7, 11) is 0. The number of carbonyl (C=O) groups excluding carboxylic acids is 2. The molecule has 0 radical (unpaired) electrons. The Morgan fingerprint density at radius 2 is 1.86 bits per heavy atom. The fourth-order valence-electron chi connectivity index (χ4n) is 2.09. The molecule has 0 unspecified atom stereocenters. The first kappa shape index (κ1) is 18.7. The van der Waals surface area contributed by atoms with Gasteiger partial charge in [0.15, 0.2) is 0 Å². The lowest BCUT2D eigenvalue weighted by atomic mass is 10.1. The first-order chi connectivity index (χ1) is 10.7. The van der Waals surface area contributed by atoms with E-state index in [0.717, 1.165) is 12.8 Å². The highest BCUT2D eigenvalue weighted by Crippen LogP contribution is 2.08. The molecule has 0 aliphatic heterocycles. The summed E-state index contributed by atoms with van der Waals surface area (Å²) < 4.78 is 5.15. The van der Waals surface area contributed by atoms with E-state index < -0.39 is 0 Å². The Bertz CT molecular complexity index is 418. The third-order valence-corrected chi connectivity index (χ3v) is 4.24. The van der Waals surface area contributed by atoms with Crippen molar-refractivity contribution in [2.24, 2.45) is 0 Å². The van der Waals surface area contributed by atoms with Gasteiger partial charge in [0, 0.05) is 6.54 Å². The van der Waals surface area contributed by atoms with Crippen LogP contribution in [0.25, 0.3) is 0 Å². The van der Waals surface area contributed by atoms with E-state index in [1.54, 1.807) is 6.07 Å². The van der Waals surface area contributed by atoms with E-state index in [0.29, 0.717) is 18.0 Å². The fraction of sp³-hybridized carbons (Fsp3) is 0.647. The molecule has 22 heavy (non-hydrogen) atoms. The summed E-state index contributed by atoms with van der Waals surface area (Å²) in [6.45, 7) is 3.03. The number of ether oxygens (including phenoxy) is 1. The van der Waals surface area contributed by atoms with Crippen molar-refractivity contribution in [1.29, 1.82) is 0 Å². The molecule has 124 valence electrons. The van der Waals surface area contributed by atoms with Crippen LogP contribution >= 0.6 is 11.3 Å². The fourth-order valence-corrected chi connectivity index (χ4v) is 2.73. The summed E-state index contributed by atoms with van der Waals surface area (Å²) in [5.41, 5.74) is 0. The van der Waals surface area contributed by atoms with Crippen molar-refractivity contribution in [2.75, 3.05) is 13.2 Å². The number of esters is 1. The highest BCUT2D eigenvalue weighted by molar-refractivity contribution is 7.12. The molecule has 0 aliphatic carbocycles. The molecule has 0 aromatic carbocycles. The summed E-state index contributed by atoms with van der Waals surface area (Å²) >= 11 is 1.39. The quantitative estimate of drug-likeness (QED) is 0.464. The zero-order valence-corrected chi connectivity index (χ0v) is 14.3. The standard InChI is InChI=1S/C17H27NO3S/c1-2-3-4-5-6-7-8-13-21-16(19)11-12-18-17(20)15-10-9-14-22-15/h9-10,14H,2-8,11-13H2,1H3,(H,18,20). The SMILES string of the molecule is CCCCCCCCCOC(=O)CCNC(=O)c1cccs1. The van der Waals surface area contributed by atoms with Crippen molar-refractivity contribution >= 4 is 23.2 Å². The van der Waals surface area contributed by atoms with E-state index in [2.05, 4.69) is 12.2 Å². The third kappa shape index (κ3) is 8.82. The Labute approximate surface area is 137 Å². The lowest BCUT2D eigenvalue weighted by Crippen LogP contribution is -2.25. The monoisotopic (exact) mass is 325 g/mol. The average Bonchev–Trinajstić information content (AvgIpc) is 3.04. The van der Waals surface area contributed by atoms with Crippen LogP contribution in [0, 0.1) is 0 Å². The average molecular weight is 325 g/mol. The van der Waals surface area contributed by atoms with Gasteiger partial charge >= 0.3 is 5.97 Å². The Kier molecular flexibility index (Phi) is 10.4. The highest BCUT2D eigenvalue weighted by Gasteiger charge is 2.07. The highest BCUT2D eigenvalue weighted by atomic mass is 32.1. The molecule has 1 heterocycles. The van der Waals surface area contributed by atoms with Crippen molar-refractivity contribution < 1.29 is 14.3 Å². The summed E-state index contributed by atoms with van der Waals surface area (Å²) in [4.78, 5) is 23.8. The number of rotatable bonds is 12. The van der Waals surface area contributed by atoms with Gasteiger partial charge in [-0.05, 0) is 17.9 Å². The topological polar surface area (TPSA) is 55.4 Å². The van der Waals surface area contributed by atoms with E-state index in [4.69, 9.17) is 4.74 Å². The summed E-state index contributed by atoms with van der Waals surface area (Å²) in [6.07, 6.45) is 8.65. The molecule has 0 saturated heterocycles. The first-order valence-corrected chi connectivity index (χ1v) is 9.09. The third-order valence-electron chi connectivity index (χ3n) is 3.37. The minimum atomic E-state index is -0.238. The minimum absolute atomic E-state index is 0.130. The van der Waals surface area contributed by atoms with E-state index in [1.807, 2.05) is 11.4 Å². The van der Waals surface area contributed by atoms with Gasteiger partial charge in [0.25, 0.3) is 5.91 Å². The Morgan fingerprint density at radius 1 is 1.14 bits per heavy atom. The maximum absolute atomic E-state index is 11.6. The molecule has 0 bridgehead atoms. The first-order valence-electron chi connectivity index (χ1n) is 8.21. The number of nitrogens with one attached hydrogen (secondary N) is 1. The van der Waals surface area contributed by atoms with Gasteiger partial charge in [0.05, 0.1) is 17.9 Å². The maximum Gasteiger partial charge on any atom is 0.307 e. The number of amides is 1. The van der Waals surface area contributed by atoms with Crippen LogP contribution in [0.1, 0.15) is 68.0 Å². The number of hydrogen-bond acceptors (Lipinski definition) is 4. The van der Waals surface area contributed by atoms with Crippen LogP contribution in [0.5, 0.6) is 0 Å². The molecule has 0 aliphatic rings. The lowest BCUT2D eigenvalue weighted by molar-refractivity contribution is -0.143. The number of thiophene rings is 1. The summed E-state index contributed by atoms with van der Waals surface area (Å²) in [5, 5.41) is 4.57. The number of unbranched alkanes of at least 4 members (excludes halogenated alkanes) is 6. The lowest BCUT2D eigenvalue weighted by Gasteiger charge is -2.06. The number of hydrogen-bond donors (Lipinski definition) is 1. The van der Waals surface area contributed by atoms with Gasteiger partial charge in [0.2, 0.25) is 0 Å². The zero-order chi connectivity index (χ0) is 16.0. The molecule has 1 amide bonds. The molecule has 0 atom stereocenters. The second-order valence-electron chi connectivity index (χ2n) is 5.32. The van der Waals surface area contributed by atoms with Crippen molar-refractivity contribution in [1.82, 2.24) is 5.32 Å². The maximum atomic E-state index is 11.6. The van der Waals surface area contributed by atoms with Crippen LogP contribution in [0.3, 0.4) is 0 Å². The van der Waals surface area contributed by atoms with Crippen LogP contribution in [0.2, 0.25) is 0 Å². The zero-order valence-electron chi connectivity index (χ0n) is 13.4. The molecule has 1 rings (SSSR count). The van der Waals surface area contributed by atoms with E-state index in [-0.39, 0.29) is 18.3 Å². The molecule has 0 saturated carbocycles. The van der Waals surface area contributed by atoms with Crippen molar-refractivity contribution in [3.05, 3.63) is 22.4 Å². The Balaban J connectivity index is 1.92. The van der Waals surface area contributed by atoms with E-state index in [9.17, 15) is 9.59 Å². The normalized spacial score (nSPS) is 10.4. The largest absolute Gasteiger partial charge is 0.466 e. The molecular weight excluding hydrogens is 298 g/mol. The minimum Gasteiger partial charge on any atom is -0.466 e. The molecule has 4 nitrogen and oxygen atoms in total. The molecule has 0 spiro atoms. The number of carbonyl (C=O) groups is 2. The molecular formula is C17H27NO3S. The van der Waals surface area contributed by atoms with Gasteiger partial charge in [-0.1, -0.05) is 51.5 Å². The summed E-state index contributed by atoms with van der Waals surface area (Å²) in [5.74, 6) is -0.368. The van der Waals surface area contributed by atoms with Crippen molar-refractivity contribution in [2.45, 2.75) is 58.3 Å². The predicted molar refractivity (Wildman–Crippen MR) is 90.2 cm³/mol. The smallest absolute Gasteiger partial charge is 0.307 e. The molecule has 1 aromatic heterocycles. The van der Waals surface area contributed by atoms with Gasteiger partial charge in [-0.3, -0.25) is 9.59 Å².